The number of hydrogen-bond acceptors (Lipinski definition) is 3. The van der Waals surface area contributed by atoms with Gasteiger partial charge in [-0.25, -0.2) is 0 Å². The third-order valence-corrected chi connectivity index (χ3v) is 4.17. The van der Waals surface area contributed by atoms with Gasteiger partial charge in [0, 0.05) is 23.3 Å². The number of amides is 1. The van der Waals surface area contributed by atoms with Crippen LogP contribution in [0.5, 0.6) is 11.5 Å². The van der Waals surface area contributed by atoms with Gasteiger partial charge >= 0.3 is 0 Å². The molecule has 2 rings (SSSR count). The van der Waals surface area contributed by atoms with Crippen LogP contribution >= 0.6 is 15.9 Å². The number of nitrogens with zero attached hydrogens (tertiary/aromatic N) is 1. The van der Waals surface area contributed by atoms with Crippen LogP contribution in [-0.2, 0) is 4.79 Å². The smallest absolute Gasteiger partial charge is 0.250 e. The Bertz CT molecular complexity index is 771. The maximum Gasteiger partial charge on any atom is 0.250 e. The second-order valence-corrected chi connectivity index (χ2v) is 6.19. The van der Waals surface area contributed by atoms with E-state index in [1.54, 1.807) is 38.3 Å². The Balaban J connectivity index is 2.17. The highest BCUT2D eigenvalue weighted by Crippen LogP contribution is 2.28. The molecule has 0 aliphatic carbocycles. The van der Waals surface area contributed by atoms with Crippen molar-refractivity contribution in [1.82, 2.24) is 0 Å². The SMILES string of the molecule is COc1ccc(/C=C/C(=O)N(C)c2ccc(Br)cc2C)cc1OC. The molecule has 0 atom stereocenters. The molecule has 0 aliphatic heterocycles. The molecule has 0 unspecified atom stereocenters. The summed E-state index contributed by atoms with van der Waals surface area (Å²) in [5, 5.41) is 0. The number of methoxy groups -OCH3 is 2. The molecule has 2 aromatic rings. The Kier molecular flexibility index (Phi) is 6.04. The van der Waals surface area contributed by atoms with E-state index >= 15 is 0 Å². The molecular formula is C19H20BrNO3. The molecule has 4 nitrogen and oxygen atoms in total. The number of aryl methyl sites for hydroxylation is 1. The number of carbonyl (C=O) groups is 1. The largest absolute Gasteiger partial charge is 0.493 e. The number of rotatable bonds is 5. The van der Waals surface area contributed by atoms with Crippen LogP contribution in [0.25, 0.3) is 6.08 Å². The van der Waals surface area contributed by atoms with E-state index in [9.17, 15) is 4.79 Å². The fraction of sp³-hybridized carbons (Fsp3) is 0.211. The molecule has 1 amide bonds. The van der Waals surface area contributed by atoms with Crippen LogP contribution < -0.4 is 14.4 Å². The molecule has 0 fully saturated rings. The van der Waals surface area contributed by atoms with E-state index in [2.05, 4.69) is 15.9 Å². The van der Waals surface area contributed by atoms with E-state index in [-0.39, 0.29) is 5.91 Å². The van der Waals surface area contributed by atoms with E-state index in [1.165, 1.54) is 0 Å². The van der Waals surface area contributed by atoms with Crippen LogP contribution in [0.1, 0.15) is 11.1 Å². The Morgan fingerprint density at radius 2 is 1.79 bits per heavy atom. The zero-order valence-corrected chi connectivity index (χ0v) is 15.8. The lowest BCUT2D eigenvalue weighted by molar-refractivity contribution is -0.113. The molecule has 126 valence electrons. The van der Waals surface area contributed by atoms with Gasteiger partial charge in [-0.2, -0.15) is 0 Å². The first-order valence-electron chi connectivity index (χ1n) is 7.40. The predicted octanol–water partition coefficient (Wildman–Crippen LogP) is 4.45. The zero-order valence-electron chi connectivity index (χ0n) is 14.2. The highest BCUT2D eigenvalue weighted by Gasteiger charge is 2.10. The van der Waals surface area contributed by atoms with Crippen molar-refractivity contribution < 1.29 is 14.3 Å². The Morgan fingerprint density at radius 3 is 2.42 bits per heavy atom. The molecule has 0 heterocycles. The number of likely N-dealkylation sites (N-methyl/N-ethyl adjacent to an activating group) is 1. The Labute approximate surface area is 150 Å². The van der Waals surface area contributed by atoms with Gasteiger partial charge in [-0.05, 0) is 54.5 Å². The molecule has 0 spiro atoms. The van der Waals surface area contributed by atoms with Gasteiger partial charge in [0.25, 0.3) is 5.91 Å². The molecule has 0 aliphatic rings. The van der Waals surface area contributed by atoms with Crippen molar-refractivity contribution in [2.75, 3.05) is 26.2 Å². The van der Waals surface area contributed by atoms with Crippen molar-refractivity contribution in [3.8, 4) is 11.5 Å². The molecule has 5 heteroatoms. The lowest BCUT2D eigenvalue weighted by Gasteiger charge is -2.18. The molecule has 0 aromatic heterocycles. The molecule has 0 radical (unpaired) electrons. The summed E-state index contributed by atoms with van der Waals surface area (Å²) in [5.41, 5.74) is 2.77. The molecular weight excluding hydrogens is 370 g/mol. The standard InChI is InChI=1S/C19H20BrNO3/c1-13-11-15(20)7-8-16(13)21(2)19(22)10-6-14-5-9-17(23-3)18(12-14)24-4/h5-12H,1-4H3/b10-6+. The normalized spacial score (nSPS) is 10.7. The van der Waals surface area contributed by atoms with E-state index < -0.39 is 0 Å². The first-order chi connectivity index (χ1) is 11.5. The maximum absolute atomic E-state index is 12.4. The van der Waals surface area contributed by atoms with Gasteiger partial charge in [0.05, 0.1) is 14.2 Å². The number of ether oxygens (including phenoxy) is 2. The van der Waals surface area contributed by atoms with Crippen molar-refractivity contribution in [1.29, 1.82) is 0 Å². The van der Waals surface area contributed by atoms with Gasteiger partial charge in [0.15, 0.2) is 11.5 Å². The van der Waals surface area contributed by atoms with E-state index in [1.807, 2.05) is 43.3 Å². The summed E-state index contributed by atoms with van der Waals surface area (Å²) in [6.45, 7) is 1.97. The summed E-state index contributed by atoms with van der Waals surface area (Å²) >= 11 is 3.43. The molecule has 0 bridgehead atoms. The van der Waals surface area contributed by atoms with Crippen LogP contribution in [0.15, 0.2) is 46.9 Å². The summed E-state index contributed by atoms with van der Waals surface area (Å²) in [6.07, 6.45) is 3.30. The fourth-order valence-electron chi connectivity index (χ4n) is 2.35. The van der Waals surface area contributed by atoms with Gasteiger partial charge in [-0.15, -0.1) is 0 Å². The quantitative estimate of drug-likeness (QED) is 0.708. The molecule has 24 heavy (non-hydrogen) atoms. The first kappa shape index (κ1) is 18.1. The zero-order chi connectivity index (χ0) is 17.7. The first-order valence-corrected chi connectivity index (χ1v) is 8.19. The minimum atomic E-state index is -0.102. The van der Waals surface area contributed by atoms with Gasteiger partial charge in [0.1, 0.15) is 0 Å². The molecule has 0 N–H and O–H groups in total. The fourth-order valence-corrected chi connectivity index (χ4v) is 2.83. The summed E-state index contributed by atoms with van der Waals surface area (Å²) in [4.78, 5) is 14.0. The average Bonchev–Trinajstić information content (AvgIpc) is 2.58. The van der Waals surface area contributed by atoms with Crippen LogP contribution in [0.4, 0.5) is 5.69 Å². The second kappa shape index (κ2) is 8.02. The number of hydrogen-bond donors (Lipinski definition) is 0. The Morgan fingerprint density at radius 1 is 1.08 bits per heavy atom. The topological polar surface area (TPSA) is 38.8 Å². The molecule has 0 saturated heterocycles. The minimum absolute atomic E-state index is 0.102. The van der Waals surface area contributed by atoms with Crippen molar-refractivity contribution in [3.63, 3.8) is 0 Å². The number of benzene rings is 2. The summed E-state index contributed by atoms with van der Waals surface area (Å²) < 4.78 is 11.5. The van der Waals surface area contributed by atoms with Gasteiger partial charge in [-0.3, -0.25) is 4.79 Å². The minimum Gasteiger partial charge on any atom is -0.493 e. The van der Waals surface area contributed by atoms with Crippen molar-refractivity contribution >= 4 is 33.6 Å². The van der Waals surface area contributed by atoms with Crippen LogP contribution in [-0.4, -0.2) is 27.2 Å². The number of halogens is 1. The third kappa shape index (κ3) is 4.17. The van der Waals surface area contributed by atoms with Crippen molar-refractivity contribution in [2.24, 2.45) is 0 Å². The highest BCUT2D eigenvalue weighted by atomic mass is 79.9. The third-order valence-electron chi connectivity index (χ3n) is 3.68. The average molecular weight is 390 g/mol. The summed E-state index contributed by atoms with van der Waals surface area (Å²) in [7, 11) is 4.94. The maximum atomic E-state index is 12.4. The van der Waals surface area contributed by atoms with Gasteiger partial charge < -0.3 is 14.4 Å². The lowest BCUT2D eigenvalue weighted by Crippen LogP contribution is -2.24. The van der Waals surface area contributed by atoms with E-state index in [0.29, 0.717) is 11.5 Å². The molecule has 2 aromatic carbocycles. The van der Waals surface area contributed by atoms with Gasteiger partial charge in [0.2, 0.25) is 0 Å². The monoisotopic (exact) mass is 389 g/mol. The van der Waals surface area contributed by atoms with E-state index in [0.717, 1.165) is 21.3 Å². The second-order valence-electron chi connectivity index (χ2n) is 5.28. The van der Waals surface area contributed by atoms with Crippen molar-refractivity contribution in [2.45, 2.75) is 6.92 Å². The van der Waals surface area contributed by atoms with Crippen LogP contribution in [0.3, 0.4) is 0 Å². The lowest BCUT2D eigenvalue weighted by atomic mass is 10.1. The number of anilines is 1. The van der Waals surface area contributed by atoms with Gasteiger partial charge in [-0.1, -0.05) is 22.0 Å². The number of carbonyl (C=O) groups excluding carboxylic acids is 1. The summed E-state index contributed by atoms with van der Waals surface area (Å²) in [6, 6.07) is 11.3. The van der Waals surface area contributed by atoms with Crippen LogP contribution in [0, 0.1) is 6.92 Å². The Hall–Kier alpha value is -2.27. The summed E-state index contributed by atoms with van der Waals surface area (Å²) in [5.74, 6) is 1.18. The van der Waals surface area contributed by atoms with Crippen LogP contribution in [0.2, 0.25) is 0 Å². The van der Waals surface area contributed by atoms with Crippen molar-refractivity contribution in [3.05, 3.63) is 58.1 Å². The predicted molar refractivity (Wildman–Crippen MR) is 101 cm³/mol. The van der Waals surface area contributed by atoms with E-state index in [4.69, 9.17) is 9.47 Å². The molecule has 0 saturated carbocycles. The highest BCUT2D eigenvalue weighted by molar-refractivity contribution is 9.10.